The number of carbonyl (C=O) groups excluding carboxylic acids is 2. The van der Waals surface area contributed by atoms with Gasteiger partial charge in [-0.1, -0.05) is 36.4 Å². The second-order valence-corrected chi connectivity index (χ2v) is 8.76. The molecule has 0 aromatic heterocycles. The largest absolute Gasteiger partial charge is 0.442 e. The third-order valence-electron chi connectivity index (χ3n) is 6.80. The number of aliphatic hydroxyl groups is 1. The van der Waals surface area contributed by atoms with Gasteiger partial charge in [0, 0.05) is 44.0 Å². The van der Waals surface area contributed by atoms with Gasteiger partial charge in [0.05, 0.1) is 0 Å². The summed E-state index contributed by atoms with van der Waals surface area (Å²) in [5.74, 6) is -2.28. The van der Waals surface area contributed by atoms with Gasteiger partial charge in [-0.15, -0.1) is 0 Å². The molecule has 2 fully saturated rings. The number of halogens is 4. The number of aryl methyl sites for hydroxylation is 1. The van der Waals surface area contributed by atoms with Crippen molar-refractivity contribution in [3.63, 3.8) is 0 Å². The Hall–Kier alpha value is -3.14. The predicted octanol–water partition coefficient (Wildman–Crippen LogP) is 3.77. The van der Waals surface area contributed by atoms with Crippen molar-refractivity contribution in [1.82, 2.24) is 10.2 Å². The highest BCUT2D eigenvalue weighted by Crippen LogP contribution is 2.45. The molecule has 10 heteroatoms. The van der Waals surface area contributed by atoms with E-state index in [1.54, 1.807) is 13.0 Å². The van der Waals surface area contributed by atoms with Crippen LogP contribution in [0.2, 0.25) is 0 Å². The molecule has 2 aliphatic heterocycles. The summed E-state index contributed by atoms with van der Waals surface area (Å²) in [5, 5.41) is 13.2. The van der Waals surface area contributed by atoms with Crippen molar-refractivity contribution in [3.05, 3.63) is 71.0 Å². The highest BCUT2D eigenvalue weighted by Gasteiger charge is 2.62. The smallest absolute Gasteiger partial charge is 0.430 e. The molecule has 0 radical (unpaired) electrons. The molecule has 2 aromatic carbocycles. The van der Waals surface area contributed by atoms with Crippen molar-refractivity contribution < 1.29 is 37.0 Å². The van der Waals surface area contributed by atoms with Crippen molar-refractivity contribution in [2.24, 2.45) is 0 Å². The minimum atomic E-state index is -5.24. The van der Waals surface area contributed by atoms with Crippen LogP contribution < -0.4 is 5.32 Å². The van der Waals surface area contributed by atoms with E-state index in [9.17, 15) is 32.3 Å². The number of alkyl carbamates (subject to hydrolysis) is 1. The number of rotatable bonds is 3. The number of alkyl halides is 3. The summed E-state index contributed by atoms with van der Waals surface area (Å²) < 4.78 is 61.2. The fourth-order valence-corrected chi connectivity index (χ4v) is 4.94. The predicted molar refractivity (Wildman–Crippen MR) is 113 cm³/mol. The summed E-state index contributed by atoms with van der Waals surface area (Å²) in [6.45, 7) is 1.61. The maximum Gasteiger partial charge on any atom is 0.430 e. The zero-order valence-corrected chi connectivity index (χ0v) is 18.4. The first kappa shape index (κ1) is 24.0. The third-order valence-corrected chi connectivity index (χ3v) is 6.80. The first-order chi connectivity index (χ1) is 16.0. The number of amides is 2. The van der Waals surface area contributed by atoms with E-state index in [4.69, 9.17) is 4.74 Å². The first-order valence-electron chi connectivity index (χ1n) is 10.8. The second-order valence-electron chi connectivity index (χ2n) is 8.76. The molecule has 2 N–H and O–H groups in total. The molecule has 0 aliphatic carbocycles. The maximum absolute atomic E-state index is 13.9. The number of hydrogen-bond acceptors (Lipinski definition) is 4. The number of nitrogens with one attached hydrogen (secondary N) is 1. The Morgan fingerprint density at radius 3 is 2.38 bits per heavy atom. The SMILES string of the molecule is Cc1cc(F)ccc1C1CNC(=O)OC12CCN(C(=O)C(O)(c1ccccc1)C(F)(F)F)CC2. The van der Waals surface area contributed by atoms with Crippen molar-refractivity contribution in [3.8, 4) is 0 Å². The molecule has 0 bridgehead atoms. The Morgan fingerprint density at radius 2 is 1.79 bits per heavy atom. The highest BCUT2D eigenvalue weighted by molar-refractivity contribution is 5.87. The molecule has 2 heterocycles. The second kappa shape index (κ2) is 8.57. The van der Waals surface area contributed by atoms with Gasteiger partial charge in [-0.2, -0.15) is 13.2 Å². The molecule has 2 aromatic rings. The average molecular weight is 480 g/mol. The molecule has 2 aliphatic rings. The van der Waals surface area contributed by atoms with Crippen LogP contribution in [-0.4, -0.2) is 53.4 Å². The number of hydrogen-bond donors (Lipinski definition) is 2. The number of ether oxygens (including phenoxy) is 1. The third kappa shape index (κ3) is 4.00. The van der Waals surface area contributed by atoms with Gasteiger partial charge in [0.15, 0.2) is 0 Å². The molecule has 182 valence electrons. The number of nitrogens with zero attached hydrogens (tertiary/aromatic N) is 1. The molecule has 0 saturated carbocycles. The fraction of sp³-hybridized carbons (Fsp3) is 0.417. The number of likely N-dealkylation sites (tertiary alicyclic amines) is 1. The van der Waals surface area contributed by atoms with E-state index >= 15 is 0 Å². The summed E-state index contributed by atoms with van der Waals surface area (Å²) in [6.07, 6.45) is -5.77. The summed E-state index contributed by atoms with van der Waals surface area (Å²) in [6, 6.07) is 10.5. The lowest BCUT2D eigenvalue weighted by atomic mass is 9.73. The van der Waals surface area contributed by atoms with Crippen LogP contribution in [-0.2, 0) is 15.1 Å². The summed E-state index contributed by atoms with van der Waals surface area (Å²) in [7, 11) is 0. The molecular formula is C24H24F4N2O4. The Kier molecular flexibility index (Phi) is 6.05. The van der Waals surface area contributed by atoms with Crippen molar-refractivity contribution >= 4 is 12.0 Å². The van der Waals surface area contributed by atoms with Crippen molar-refractivity contribution in [2.75, 3.05) is 19.6 Å². The van der Waals surface area contributed by atoms with Crippen molar-refractivity contribution in [2.45, 2.75) is 43.1 Å². The molecule has 2 amide bonds. The summed E-state index contributed by atoms with van der Waals surface area (Å²) in [4.78, 5) is 26.1. The van der Waals surface area contributed by atoms with Crippen LogP contribution in [0.5, 0.6) is 0 Å². The average Bonchev–Trinajstić information content (AvgIpc) is 2.79. The normalized spacial score (nSPS) is 22.0. The van der Waals surface area contributed by atoms with E-state index in [0.717, 1.165) is 22.6 Å². The van der Waals surface area contributed by atoms with Crippen LogP contribution in [0.3, 0.4) is 0 Å². The topological polar surface area (TPSA) is 78.9 Å². The monoisotopic (exact) mass is 480 g/mol. The van der Waals surface area contributed by atoms with Gasteiger partial charge in [-0.25, -0.2) is 9.18 Å². The quantitative estimate of drug-likeness (QED) is 0.656. The first-order valence-corrected chi connectivity index (χ1v) is 10.8. The molecule has 2 saturated heterocycles. The van der Waals surface area contributed by atoms with Crippen LogP contribution in [0.25, 0.3) is 0 Å². The van der Waals surface area contributed by atoms with Gasteiger partial charge in [0.1, 0.15) is 11.4 Å². The van der Waals surface area contributed by atoms with E-state index in [1.807, 2.05) is 0 Å². The van der Waals surface area contributed by atoms with Crippen LogP contribution in [0.15, 0.2) is 48.5 Å². The van der Waals surface area contributed by atoms with E-state index < -0.39 is 46.7 Å². The van der Waals surface area contributed by atoms with Gasteiger partial charge in [-0.3, -0.25) is 4.79 Å². The Morgan fingerprint density at radius 1 is 1.15 bits per heavy atom. The molecule has 1 spiro atoms. The lowest BCUT2D eigenvalue weighted by Gasteiger charge is -2.49. The number of piperidine rings is 1. The van der Waals surface area contributed by atoms with Crippen LogP contribution >= 0.6 is 0 Å². The highest BCUT2D eigenvalue weighted by atomic mass is 19.4. The van der Waals surface area contributed by atoms with E-state index in [0.29, 0.717) is 5.56 Å². The molecule has 4 rings (SSSR count). The van der Waals surface area contributed by atoms with E-state index in [1.165, 1.54) is 30.3 Å². The minimum absolute atomic E-state index is 0.0658. The van der Waals surface area contributed by atoms with Gasteiger partial charge >= 0.3 is 12.3 Å². The van der Waals surface area contributed by atoms with Gasteiger partial charge in [0.25, 0.3) is 11.5 Å². The lowest BCUT2D eigenvalue weighted by molar-refractivity contribution is -0.262. The number of carbonyl (C=O) groups is 2. The van der Waals surface area contributed by atoms with Crippen molar-refractivity contribution in [1.29, 1.82) is 0 Å². The zero-order chi connectivity index (χ0) is 24.7. The van der Waals surface area contributed by atoms with Gasteiger partial charge in [-0.05, 0) is 30.2 Å². The molecule has 34 heavy (non-hydrogen) atoms. The standard InChI is InChI=1S/C24H24F4N2O4/c1-15-13-17(25)7-8-18(15)19-14-29-21(32)34-22(19)9-11-30(12-10-22)20(31)23(33,24(26,27)28)16-5-3-2-4-6-16/h2-8,13,19,33H,9-12,14H2,1H3,(H,29,32). The molecule has 6 nitrogen and oxygen atoms in total. The summed E-state index contributed by atoms with van der Waals surface area (Å²) >= 11 is 0. The van der Waals surface area contributed by atoms with Crippen LogP contribution in [0, 0.1) is 12.7 Å². The molecule has 2 atom stereocenters. The van der Waals surface area contributed by atoms with Crippen LogP contribution in [0.1, 0.15) is 35.4 Å². The Labute approximate surface area is 193 Å². The summed E-state index contributed by atoms with van der Waals surface area (Å²) in [5.41, 5.74) is -3.95. The van der Waals surface area contributed by atoms with Gasteiger partial charge < -0.3 is 20.1 Å². The molecule has 2 unspecified atom stereocenters. The molecular weight excluding hydrogens is 456 g/mol. The van der Waals surface area contributed by atoms with Crippen LogP contribution in [0.4, 0.5) is 22.4 Å². The zero-order valence-electron chi connectivity index (χ0n) is 18.4. The minimum Gasteiger partial charge on any atom is -0.442 e. The van der Waals surface area contributed by atoms with E-state index in [-0.39, 0.29) is 32.5 Å². The Balaban J connectivity index is 1.61. The Bertz CT molecular complexity index is 1080. The maximum atomic E-state index is 13.9. The fourth-order valence-electron chi connectivity index (χ4n) is 4.94. The van der Waals surface area contributed by atoms with E-state index in [2.05, 4.69) is 5.32 Å². The van der Waals surface area contributed by atoms with Gasteiger partial charge in [0.2, 0.25) is 0 Å². The lowest BCUT2D eigenvalue weighted by Crippen LogP contribution is -2.62. The number of benzene rings is 2.